The zero-order valence-electron chi connectivity index (χ0n) is 22.2. The molecule has 3 unspecified atom stereocenters. The maximum atomic E-state index is 13.0. The third kappa shape index (κ3) is 12.7. The molecule has 1 aromatic carbocycles. The van der Waals surface area contributed by atoms with Crippen LogP contribution in [0.3, 0.4) is 0 Å². The molecule has 35 heavy (non-hydrogen) atoms. The van der Waals surface area contributed by atoms with Crippen molar-refractivity contribution in [3.05, 3.63) is 48.0 Å². The van der Waals surface area contributed by atoms with Crippen molar-refractivity contribution in [2.45, 2.75) is 85.0 Å². The molecule has 0 aliphatic heterocycles. The van der Waals surface area contributed by atoms with Crippen LogP contribution in [-0.4, -0.2) is 59.5 Å². The summed E-state index contributed by atoms with van der Waals surface area (Å²) in [6, 6.07) is 9.72. The van der Waals surface area contributed by atoms with E-state index in [-0.39, 0.29) is 11.8 Å². The lowest BCUT2D eigenvalue weighted by atomic mass is 10.1. The van der Waals surface area contributed by atoms with Crippen molar-refractivity contribution in [3.8, 4) is 0 Å². The van der Waals surface area contributed by atoms with Crippen LogP contribution in [0.15, 0.2) is 42.5 Å². The van der Waals surface area contributed by atoms with E-state index in [4.69, 9.17) is 23.7 Å². The molecule has 0 bridgehead atoms. The molecule has 0 amide bonds. The smallest absolute Gasteiger partial charge is 0.429 e. The highest BCUT2D eigenvalue weighted by Crippen LogP contribution is 2.27. The Morgan fingerprint density at radius 3 is 2.26 bits per heavy atom. The van der Waals surface area contributed by atoms with Gasteiger partial charge in [-0.1, -0.05) is 49.4 Å². The van der Waals surface area contributed by atoms with Crippen molar-refractivity contribution in [2.75, 3.05) is 25.6 Å². The van der Waals surface area contributed by atoms with E-state index >= 15 is 0 Å². The maximum absolute atomic E-state index is 13.0. The van der Waals surface area contributed by atoms with Gasteiger partial charge in [-0.25, -0.2) is 13.7 Å². The number of ether oxygens (including phenoxy) is 5. The van der Waals surface area contributed by atoms with Crippen molar-refractivity contribution >= 4 is 17.1 Å². The van der Waals surface area contributed by atoms with Crippen LogP contribution in [0.1, 0.15) is 60.5 Å². The molecule has 200 valence electrons. The molecular formula is C26H43NO7S. The minimum atomic E-state index is -1.55. The van der Waals surface area contributed by atoms with Crippen LogP contribution in [0.2, 0.25) is 0 Å². The fourth-order valence-corrected chi connectivity index (χ4v) is 4.49. The van der Waals surface area contributed by atoms with E-state index in [1.54, 1.807) is 20.8 Å². The molecule has 0 aliphatic rings. The fraction of sp³-hybridized carbons (Fsp3) is 0.654. The molecule has 1 aromatic rings. The monoisotopic (exact) mass is 513 g/mol. The third-order valence-electron chi connectivity index (χ3n) is 4.76. The lowest BCUT2D eigenvalue weighted by Gasteiger charge is -2.38. The van der Waals surface area contributed by atoms with Gasteiger partial charge in [-0.05, 0) is 47.1 Å². The molecule has 8 nitrogen and oxygen atoms in total. The van der Waals surface area contributed by atoms with Crippen LogP contribution in [0.25, 0.3) is 0 Å². The number of hydrogen-bond acceptors (Lipinski definition) is 7. The lowest BCUT2D eigenvalue weighted by molar-refractivity contribution is -0.279. The van der Waals surface area contributed by atoms with Crippen molar-refractivity contribution in [3.63, 3.8) is 0 Å². The Morgan fingerprint density at radius 1 is 1.09 bits per heavy atom. The molecule has 1 N–H and O–H groups in total. The molecule has 0 spiro atoms. The second-order valence-corrected chi connectivity index (χ2v) is 10.2. The van der Waals surface area contributed by atoms with E-state index in [1.165, 1.54) is 0 Å². The van der Waals surface area contributed by atoms with Crippen LogP contribution in [-0.2, 0) is 41.3 Å². The summed E-state index contributed by atoms with van der Waals surface area (Å²) in [7, 11) is -1.55. The number of rotatable bonds is 16. The Kier molecular flexibility index (Phi) is 14.3. The first kappa shape index (κ1) is 31.3. The fourth-order valence-electron chi connectivity index (χ4n) is 3.30. The molecule has 0 aliphatic carbocycles. The van der Waals surface area contributed by atoms with E-state index < -0.39 is 34.6 Å². The zero-order valence-corrected chi connectivity index (χ0v) is 23.0. The average Bonchev–Trinajstić information content (AvgIpc) is 2.77. The number of benzene rings is 1. The van der Waals surface area contributed by atoms with Gasteiger partial charge in [0.15, 0.2) is 6.10 Å². The molecule has 0 fully saturated rings. The first-order chi connectivity index (χ1) is 16.5. The van der Waals surface area contributed by atoms with E-state index in [0.29, 0.717) is 32.8 Å². The highest BCUT2D eigenvalue weighted by Gasteiger charge is 2.44. The number of nitrogens with one attached hydrogen (secondary N) is 1. The summed E-state index contributed by atoms with van der Waals surface area (Å²) in [6.07, 6.45) is 2.35. The highest BCUT2D eigenvalue weighted by molar-refractivity contribution is 7.83. The van der Waals surface area contributed by atoms with E-state index in [2.05, 4.69) is 4.72 Å². The molecule has 0 heterocycles. The molecule has 0 aromatic heterocycles. The second kappa shape index (κ2) is 16.1. The first-order valence-electron chi connectivity index (χ1n) is 12.2. The van der Waals surface area contributed by atoms with Gasteiger partial charge in [0.2, 0.25) is 5.79 Å². The predicted octanol–water partition coefficient (Wildman–Crippen LogP) is 4.90. The van der Waals surface area contributed by atoms with E-state index in [0.717, 1.165) is 5.56 Å². The summed E-state index contributed by atoms with van der Waals surface area (Å²) in [4.78, 5) is 12.4. The van der Waals surface area contributed by atoms with Gasteiger partial charge >= 0.3 is 6.16 Å². The molecule has 0 radical (unpaired) electrons. The Morgan fingerprint density at radius 2 is 1.71 bits per heavy atom. The largest absolute Gasteiger partial charge is 0.509 e. The van der Waals surface area contributed by atoms with Crippen molar-refractivity contribution in [1.82, 2.24) is 4.72 Å². The number of carbonyl (C=O) groups excluding carboxylic acids is 1. The van der Waals surface area contributed by atoms with Gasteiger partial charge in [0, 0.05) is 25.7 Å². The van der Waals surface area contributed by atoms with Gasteiger partial charge in [-0.2, -0.15) is 0 Å². The summed E-state index contributed by atoms with van der Waals surface area (Å²) in [5.41, 5.74) is 0.375. The highest BCUT2D eigenvalue weighted by atomic mass is 32.2. The van der Waals surface area contributed by atoms with Gasteiger partial charge < -0.3 is 23.7 Å². The Labute approximate surface area is 213 Å². The van der Waals surface area contributed by atoms with Gasteiger partial charge in [-0.3, -0.25) is 0 Å². The SMILES string of the molecule is CCOC(CC)(OCC)C(CS(=O)NC(C)/C=C\COCc1ccccc1)OC(=O)OC(C)(C)C. The molecule has 0 saturated carbocycles. The summed E-state index contributed by atoms with van der Waals surface area (Å²) in [5.74, 6) is -1.27. The quantitative estimate of drug-likeness (QED) is 0.145. The molecule has 0 saturated heterocycles. The summed E-state index contributed by atoms with van der Waals surface area (Å²) >= 11 is 0. The van der Waals surface area contributed by atoms with Crippen molar-refractivity contribution in [2.24, 2.45) is 0 Å². The first-order valence-corrected chi connectivity index (χ1v) is 13.5. The lowest BCUT2D eigenvalue weighted by Crippen LogP contribution is -2.53. The third-order valence-corrected chi connectivity index (χ3v) is 6.00. The Bertz CT molecular complexity index is 774. The standard InChI is InChI=1S/C26H43NO7S/c1-8-26(31-9-2,32-10-3)23(33-24(28)34-25(5,6)7)20-35(29)27-21(4)15-14-18-30-19-22-16-12-11-13-17-22/h11-17,21,23,27H,8-10,18-20H2,1-7H3/b15-14-. The molecule has 1 rings (SSSR count). The maximum Gasteiger partial charge on any atom is 0.509 e. The topological polar surface area (TPSA) is 92.3 Å². The Hall–Kier alpha value is -1.78. The Balaban J connectivity index is 2.75. The van der Waals surface area contributed by atoms with Crippen LogP contribution < -0.4 is 4.72 Å². The number of hydrogen-bond donors (Lipinski definition) is 1. The normalized spacial score (nSPS) is 15.1. The summed E-state index contributed by atoms with van der Waals surface area (Å²) < 4.78 is 44.3. The average molecular weight is 514 g/mol. The van der Waals surface area contributed by atoms with Gasteiger partial charge in [0.1, 0.15) is 5.60 Å². The minimum absolute atomic E-state index is 0.0320. The van der Waals surface area contributed by atoms with Gasteiger partial charge in [-0.15, -0.1) is 0 Å². The van der Waals surface area contributed by atoms with Crippen molar-refractivity contribution < 1.29 is 32.7 Å². The number of carbonyl (C=O) groups is 1. The summed E-state index contributed by atoms with van der Waals surface area (Å²) in [6.45, 7) is 14.3. The second-order valence-electron chi connectivity index (χ2n) is 8.95. The summed E-state index contributed by atoms with van der Waals surface area (Å²) in [5, 5.41) is 0. The van der Waals surface area contributed by atoms with Crippen LogP contribution in [0.4, 0.5) is 4.79 Å². The minimum Gasteiger partial charge on any atom is -0.429 e. The van der Waals surface area contributed by atoms with Crippen LogP contribution in [0.5, 0.6) is 0 Å². The van der Waals surface area contributed by atoms with Gasteiger partial charge in [0.25, 0.3) is 0 Å². The van der Waals surface area contributed by atoms with Gasteiger partial charge in [0.05, 0.1) is 30.0 Å². The van der Waals surface area contributed by atoms with E-state index in [1.807, 2.05) is 70.2 Å². The molecule has 3 atom stereocenters. The van der Waals surface area contributed by atoms with Crippen molar-refractivity contribution in [1.29, 1.82) is 0 Å². The molecular weight excluding hydrogens is 470 g/mol. The zero-order chi connectivity index (χ0) is 26.3. The van der Waals surface area contributed by atoms with Crippen LogP contribution >= 0.6 is 0 Å². The molecule has 9 heteroatoms. The predicted molar refractivity (Wildman–Crippen MR) is 138 cm³/mol. The van der Waals surface area contributed by atoms with Crippen LogP contribution in [0, 0.1) is 0 Å². The van der Waals surface area contributed by atoms with E-state index in [9.17, 15) is 9.00 Å².